The van der Waals surface area contributed by atoms with E-state index in [4.69, 9.17) is 11.6 Å². The Bertz CT molecular complexity index is 1170. The summed E-state index contributed by atoms with van der Waals surface area (Å²) in [6.07, 6.45) is 0. The molecule has 0 saturated carbocycles. The molecule has 9 heteroatoms. The van der Waals surface area contributed by atoms with Crippen molar-refractivity contribution in [2.24, 2.45) is 0 Å². The lowest BCUT2D eigenvalue weighted by molar-refractivity contribution is -0.384. The van der Waals surface area contributed by atoms with Crippen LogP contribution in [0.25, 0.3) is 0 Å². The molecule has 0 spiro atoms. The minimum absolute atomic E-state index is 0.0360. The summed E-state index contributed by atoms with van der Waals surface area (Å²) in [5, 5.41) is 14.3. The van der Waals surface area contributed by atoms with Gasteiger partial charge in [-0.1, -0.05) is 23.7 Å². The zero-order valence-corrected chi connectivity index (χ0v) is 18.4. The average Bonchev–Trinajstić information content (AvgIpc) is 2.84. The fraction of sp³-hybridized carbons (Fsp3) is 0.167. The first kappa shape index (κ1) is 22.3. The van der Waals surface area contributed by atoms with Crippen molar-refractivity contribution in [3.63, 3.8) is 0 Å². The summed E-state index contributed by atoms with van der Waals surface area (Å²) < 4.78 is 0. The molecule has 0 unspecified atom stereocenters. The van der Waals surface area contributed by atoms with Crippen LogP contribution in [0.3, 0.4) is 0 Å². The number of hydrogen-bond donors (Lipinski definition) is 1. The summed E-state index contributed by atoms with van der Waals surface area (Å²) in [7, 11) is 0. The number of benzene rings is 3. The smallest absolute Gasteiger partial charge is 0.269 e. The number of rotatable bonds is 5. The molecule has 0 aromatic heterocycles. The minimum atomic E-state index is -0.506. The van der Waals surface area contributed by atoms with Crippen molar-refractivity contribution < 1.29 is 14.5 Å². The molecule has 4 rings (SSSR count). The van der Waals surface area contributed by atoms with Gasteiger partial charge in [-0.2, -0.15) is 0 Å². The van der Waals surface area contributed by atoms with Crippen molar-refractivity contribution in [1.29, 1.82) is 0 Å². The Morgan fingerprint density at radius 1 is 0.848 bits per heavy atom. The lowest BCUT2D eigenvalue weighted by atomic mass is 10.1. The van der Waals surface area contributed by atoms with Gasteiger partial charge in [-0.25, -0.2) is 0 Å². The number of halogens is 1. The fourth-order valence-electron chi connectivity index (χ4n) is 3.71. The van der Waals surface area contributed by atoms with E-state index in [1.165, 1.54) is 24.3 Å². The van der Waals surface area contributed by atoms with E-state index in [0.717, 1.165) is 5.69 Å². The predicted molar refractivity (Wildman–Crippen MR) is 127 cm³/mol. The van der Waals surface area contributed by atoms with E-state index in [0.29, 0.717) is 48.0 Å². The van der Waals surface area contributed by atoms with Gasteiger partial charge in [0.15, 0.2) is 0 Å². The summed E-state index contributed by atoms with van der Waals surface area (Å²) >= 11 is 5.91. The number of nitro benzene ring substituents is 1. The molecule has 33 heavy (non-hydrogen) atoms. The third kappa shape index (κ3) is 5.12. The van der Waals surface area contributed by atoms with E-state index < -0.39 is 4.92 Å². The van der Waals surface area contributed by atoms with E-state index in [2.05, 4.69) is 10.2 Å². The van der Waals surface area contributed by atoms with Gasteiger partial charge >= 0.3 is 0 Å². The van der Waals surface area contributed by atoms with E-state index in [9.17, 15) is 19.7 Å². The van der Waals surface area contributed by atoms with Gasteiger partial charge in [-0.05, 0) is 48.5 Å². The topological polar surface area (TPSA) is 95.8 Å². The molecule has 2 amide bonds. The molecular formula is C24H21ClN4O4. The van der Waals surface area contributed by atoms with Crippen molar-refractivity contribution >= 4 is 40.5 Å². The Morgan fingerprint density at radius 2 is 1.45 bits per heavy atom. The molecule has 0 aliphatic carbocycles. The highest BCUT2D eigenvalue weighted by molar-refractivity contribution is 6.30. The van der Waals surface area contributed by atoms with Gasteiger partial charge < -0.3 is 15.1 Å². The lowest BCUT2D eigenvalue weighted by Crippen LogP contribution is -2.49. The summed E-state index contributed by atoms with van der Waals surface area (Å²) in [6.45, 7) is 2.33. The zero-order chi connectivity index (χ0) is 23.4. The minimum Gasteiger partial charge on any atom is -0.366 e. The van der Waals surface area contributed by atoms with Gasteiger partial charge in [-0.15, -0.1) is 0 Å². The largest absolute Gasteiger partial charge is 0.366 e. The lowest BCUT2D eigenvalue weighted by Gasteiger charge is -2.37. The molecular weight excluding hydrogens is 444 g/mol. The predicted octanol–water partition coefficient (Wildman–Crippen LogP) is 4.46. The van der Waals surface area contributed by atoms with Gasteiger partial charge in [-0.3, -0.25) is 19.7 Å². The Kier molecular flexibility index (Phi) is 6.55. The van der Waals surface area contributed by atoms with Crippen LogP contribution in [0, 0.1) is 10.1 Å². The summed E-state index contributed by atoms with van der Waals surface area (Å²) in [4.78, 5) is 39.7. The maximum atomic E-state index is 12.8. The van der Waals surface area contributed by atoms with E-state index >= 15 is 0 Å². The normalized spacial score (nSPS) is 13.5. The molecule has 1 aliphatic heterocycles. The second kappa shape index (κ2) is 9.70. The molecule has 1 heterocycles. The Balaban J connectivity index is 1.42. The highest BCUT2D eigenvalue weighted by Crippen LogP contribution is 2.27. The van der Waals surface area contributed by atoms with E-state index in [1.54, 1.807) is 29.2 Å². The summed E-state index contributed by atoms with van der Waals surface area (Å²) in [5.41, 5.74) is 2.35. The number of nitro groups is 1. The first-order valence-corrected chi connectivity index (χ1v) is 10.7. The zero-order valence-electron chi connectivity index (χ0n) is 17.6. The summed E-state index contributed by atoms with van der Waals surface area (Å²) in [5.74, 6) is -0.389. The van der Waals surface area contributed by atoms with Gasteiger partial charge in [0.1, 0.15) is 0 Å². The van der Waals surface area contributed by atoms with Gasteiger partial charge in [0.2, 0.25) is 0 Å². The van der Waals surface area contributed by atoms with Crippen molar-refractivity contribution in [3.8, 4) is 0 Å². The molecule has 168 valence electrons. The SMILES string of the molecule is O=C(Nc1ccccc1N1CCN(C(=O)c2ccc(Cl)cc2)CC1)c1ccc([N+](=O)[O-])cc1. The fourth-order valence-corrected chi connectivity index (χ4v) is 3.84. The summed E-state index contributed by atoms with van der Waals surface area (Å²) in [6, 6.07) is 19.8. The van der Waals surface area contributed by atoms with Gasteiger partial charge in [0.05, 0.1) is 16.3 Å². The van der Waals surface area contributed by atoms with Crippen molar-refractivity contribution in [3.05, 3.63) is 99.1 Å². The maximum Gasteiger partial charge on any atom is 0.269 e. The molecule has 1 saturated heterocycles. The Labute approximate surface area is 195 Å². The van der Waals surface area contributed by atoms with Crippen LogP contribution in [0.4, 0.5) is 17.1 Å². The van der Waals surface area contributed by atoms with Gasteiger partial charge in [0, 0.05) is 54.5 Å². The quantitative estimate of drug-likeness (QED) is 0.444. The number of carbonyl (C=O) groups excluding carboxylic acids is 2. The third-order valence-corrected chi connectivity index (χ3v) is 5.74. The molecule has 8 nitrogen and oxygen atoms in total. The maximum absolute atomic E-state index is 12.8. The third-order valence-electron chi connectivity index (χ3n) is 5.49. The van der Waals surface area contributed by atoms with Crippen LogP contribution in [0.2, 0.25) is 5.02 Å². The number of para-hydroxylation sites is 2. The molecule has 3 aromatic rings. The number of carbonyl (C=O) groups is 2. The molecule has 0 atom stereocenters. The Hall–Kier alpha value is -3.91. The number of nitrogens with zero attached hydrogens (tertiary/aromatic N) is 3. The van der Waals surface area contributed by atoms with Crippen LogP contribution in [0.15, 0.2) is 72.8 Å². The molecule has 1 aliphatic rings. The second-order valence-electron chi connectivity index (χ2n) is 7.56. The molecule has 3 aromatic carbocycles. The van der Waals surface area contributed by atoms with Crippen LogP contribution in [-0.4, -0.2) is 47.8 Å². The van der Waals surface area contributed by atoms with E-state index in [-0.39, 0.29) is 17.5 Å². The first-order valence-electron chi connectivity index (χ1n) is 10.4. The second-order valence-corrected chi connectivity index (χ2v) is 8.00. The van der Waals surface area contributed by atoms with Crippen LogP contribution in [-0.2, 0) is 0 Å². The Morgan fingerprint density at radius 3 is 2.09 bits per heavy atom. The van der Waals surface area contributed by atoms with Crippen LogP contribution in [0.1, 0.15) is 20.7 Å². The molecule has 0 bridgehead atoms. The van der Waals surface area contributed by atoms with Crippen LogP contribution >= 0.6 is 11.6 Å². The molecule has 0 radical (unpaired) electrons. The number of hydrogen-bond acceptors (Lipinski definition) is 5. The molecule has 1 fully saturated rings. The monoisotopic (exact) mass is 464 g/mol. The number of anilines is 2. The van der Waals surface area contributed by atoms with Gasteiger partial charge in [0.25, 0.3) is 17.5 Å². The standard InChI is InChI=1S/C24H21ClN4O4/c25-19-9-5-18(6-10-19)24(31)28-15-13-27(14-16-28)22-4-2-1-3-21(22)26-23(30)17-7-11-20(12-8-17)29(32)33/h1-12H,13-16H2,(H,26,30). The number of non-ortho nitro benzene ring substituents is 1. The highest BCUT2D eigenvalue weighted by Gasteiger charge is 2.24. The molecule has 1 N–H and O–H groups in total. The van der Waals surface area contributed by atoms with Crippen molar-refractivity contribution in [2.75, 3.05) is 36.4 Å². The van der Waals surface area contributed by atoms with Crippen LogP contribution < -0.4 is 10.2 Å². The van der Waals surface area contributed by atoms with Crippen molar-refractivity contribution in [2.45, 2.75) is 0 Å². The number of amides is 2. The van der Waals surface area contributed by atoms with Crippen molar-refractivity contribution in [1.82, 2.24) is 4.90 Å². The van der Waals surface area contributed by atoms with E-state index in [1.807, 2.05) is 24.3 Å². The first-order chi connectivity index (χ1) is 15.9. The average molecular weight is 465 g/mol. The number of nitrogens with one attached hydrogen (secondary N) is 1. The number of piperazine rings is 1. The van der Waals surface area contributed by atoms with Crippen LogP contribution in [0.5, 0.6) is 0 Å². The highest BCUT2D eigenvalue weighted by atomic mass is 35.5.